The second-order valence-corrected chi connectivity index (χ2v) is 8.23. The van der Waals surface area contributed by atoms with E-state index in [1.165, 1.54) is 22.7 Å². The number of likely N-dealkylation sites (N-methyl/N-ethyl adjacent to an activating group) is 1. The van der Waals surface area contributed by atoms with Crippen molar-refractivity contribution in [2.75, 3.05) is 19.6 Å². The van der Waals surface area contributed by atoms with Gasteiger partial charge < -0.3 is 5.32 Å². The standard InChI is InChI=1S/C16H22ClN3OS2/c1-5-20(10(2)3)9-8-18-15(21)14-11(4)19-16(23-14)12-6-7-13(17)22-12/h6-7,10H,5,8-9H2,1-4H3,(H,18,21). The number of carbonyl (C=O) groups is 1. The van der Waals surface area contributed by atoms with Crippen LogP contribution in [0.3, 0.4) is 0 Å². The van der Waals surface area contributed by atoms with Gasteiger partial charge in [-0.1, -0.05) is 18.5 Å². The topological polar surface area (TPSA) is 45.2 Å². The maximum atomic E-state index is 12.4. The quantitative estimate of drug-likeness (QED) is 0.789. The van der Waals surface area contributed by atoms with Crippen LogP contribution in [0.1, 0.15) is 36.1 Å². The summed E-state index contributed by atoms with van der Waals surface area (Å²) in [4.78, 5) is 20.9. The van der Waals surface area contributed by atoms with Gasteiger partial charge in [0.05, 0.1) is 14.9 Å². The molecule has 1 amide bonds. The highest BCUT2D eigenvalue weighted by Gasteiger charge is 2.17. The number of carbonyl (C=O) groups excluding carboxylic acids is 1. The Morgan fingerprint density at radius 3 is 2.70 bits per heavy atom. The number of aromatic nitrogens is 1. The highest BCUT2D eigenvalue weighted by atomic mass is 35.5. The first kappa shape index (κ1) is 18.4. The number of nitrogens with zero attached hydrogens (tertiary/aromatic N) is 2. The summed E-state index contributed by atoms with van der Waals surface area (Å²) < 4.78 is 0.729. The molecule has 0 unspecified atom stereocenters. The minimum absolute atomic E-state index is 0.0475. The Labute approximate surface area is 150 Å². The second-order valence-electron chi connectivity index (χ2n) is 5.52. The fraction of sp³-hybridized carbons (Fsp3) is 0.500. The summed E-state index contributed by atoms with van der Waals surface area (Å²) in [5.41, 5.74) is 0.767. The maximum Gasteiger partial charge on any atom is 0.263 e. The van der Waals surface area contributed by atoms with Crippen molar-refractivity contribution in [2.45, 2.75) is 33.7 Å². The van der Waals surface area contributed by atoms with E-state index in [-0.39, 0.29) is 5.91 Å². The van der Waals surface area contributed by atoms with Gasteiger partial charge in [-0.25, -0.2) is 4.98 Å². The van der Waals surface area contributed by atoms with Gasteiger partial charge in [0, 0.05) is 19.1 Å². The fourth-order valence-corrected chi connectivity index (χ4v) is 4.40. The zero-order valence-electron chi connectivity index (χ0n) is 13.9. The Bertz CT molecular complexity index is 666. The third kappa shape index (κ3) is 4.76. The van der Waals surface area contributed by atoms with E-state index in [0.29, 0.717) is 17.5 Å². The lowest BCUT2D eigenvalue weighted by molar-refractivity contribution is 0.0949. The molecule has 0 atom stereocenters. The van der Waals surface area contributed by atoms with Crippen LogP contribution >= 0.6 is 34.3 Å². The van der Waals surface area contributed by atoms with Crippen molar-refractivity contribution in [3.05, 3.63) is 27.0 Å². The number of halogens is 1. The zero-order valence-corrected chi connectivity index (χ0v) is 16.2. The first-order valence-electron chi connectivity index (χ1n) is 7.67. The van der Waals surface area contributed by atoms with Gasteiger partial charge in [-0.3, -0.25) is 9.69 Å². The molecule has 0 fully saturated rings. The van der Waals surface area contributed by atoms with Crippen LogP contribution in [0.15, 0.2) is 12.1 Å². The smallest absolute Gasteiger partial charge is 0.263 e. The molecule has 126 valence electrons. The highest BCUT2D eigenvalue weighted by Crippen LogP contribution is 2.34. The molecule has 0 saturated heterocycles. The molecule has 4 nitrogen and oxygen atoms in total. The predicted octanol–water partition coefficient (Wildman–Crippen LogP) is 4.29. The Morgan fingerprint density at radius 1 is 1.39 bits per heavy atom. The minimum atomic E-state index is -0.0475. The molecule has 0 aliphatic carbocycles. The highest BCUT2D eigenvalue weighted by molar-refractivity contribution is 7.24. The lowest BCUT2D eigenvalue weighted by Crippen LogP contribution is -2.38. The Balaban J connectivity index is 1.99. The molecule has 1 N–H and O–H groups in total. The lowest BCUT2D eigenvalue weighted by atomic mass is 10.3. The van der Waals surface area contributed by atoms with E-state index in [9.17, 15) is 4.79 Å². The summed E-state index contributed by atoms with van der Waals surface area (Å²) in [5, 5.41) is 3.85. The molecule has 0 radical (unpaired) electrons. The van der Waals surface area contributed by atoms with Gasteiger partial charge in [0.15, 0.2) is 0 Å². The number of hydrogen-bond donors (Lipinski definition) is 1. The summed E-state index contributed by atoms with van der Waals surface area (Å²) in [5.74, 6) is -0.0475. The van der Waals surface area contributed by atoms with Crippen molar-refractivity contribution in [3.63, 3.8) is 0 Å². The normalized spacial score (nSPS) is 11.4. The number of thiophene rings is 1. The van der Waals surface area contributed by atoms with E-state index < -0.39 is 0 Å². The van der Waals surface area contributed by atoms with Crippen molar-refractivity contribution in [3.8, 4) is 9.88 Å². The van der Waals surface area contributed by atoms with Gasteiger partial charge >= 0.3 is 0 Å². The predicted molar refractivity (Wildman–Crippen MR) is 99.9 cm³/mol. The first-order valence-corrected chi connectivity index (χ1v) is 9.68. The van der Waals surface area contributed by atoms with Gasteiger partial charge in [0.25, 0.3) is 5.91 Å². The van der Waals surface area contributed by atoms with Gasteiger partial charge in [-0.05, 0) is 39.4 Å². The number of amides is 1. The van der Waals surface area contributed by atoms with Crippen LogP contribution in [-0.4, -0.2) is 41.5 Å². The lowest BCUT2D eigenvalue weighted by Gasteiger charge is -2.24. The average Bonchev–Trinajstić information content (AvgIpc) is 3.09. The third-order valence-electron chi connectivity index (χ3n) is 3.61. The van der Waals surface area contributed by atoms with Crippen molar-refractivity contribution in [1.82, 2.24) is 15.2 Å². The fourth-order valence-electron chi connectivity index (χ4n) is 2.32. The molecular formula is C16H22ClN3OS2. The molecule has 0 spiro atoms. The van der Waals surface area contributed by atoms with Crippen LogP contribution in [0.25, 0.3) is 9.88 Å². The van der Waals surface area contributed by atoms with Crippen molar-refractivity contribution >= 4 is 40.2 Å². The van der Waals surface area contributed by atoms with Crippen LogP contribution in [0, 0.1) is 6.92 Å². The van der Waals surface area contributed by atoms with Crippen LogP contribution in [0.2, 0.25) is 4.34 Å². The molecule has 0 bridgehead atoms. The van der Waals surface area contributed by atoms with Crippen molar-refractivity contribution in [2.24, 2.45) is 0 Å². The first-order chi connectivity index (χ1) is 10.9. The number of hydrogen-bond acceptors (Lipinski definition) is 5. The molecule has 2 aromatic rings. The molecule has 2 aromatic heterocycles. The number of rotatable bonds is 7. The summed E-state index contributed by atoms with van der Waals surface area (Å²) >= 11 is 8.87. The number of aryl methyl sites for hydroxylation is 1. The molecule has 0 aliphatic heterocycles. The SMILES string of the molecule is CCN(CCNC(=O)c1sc(-c2ccc(Cl)s2)nc1C)C(C)C. The van der Waals surface area contributed by atoms with Crippen LogP contribution in [0.4, 0.5) is 0 Å². The van der Waals surface area contributed by atoms with Crippen LogP contribution in [0.5, 0.6) is 0 Å². The average molecular weight is 372 g/mol. The third-order valence-corrected chi connectivity index (χ3v) is 6.16. The van der Waals surface area contributed by atoms with E-state index in [1.807, 2.05) is 19.1 Å². The summed E-state index contributed by atoms with van der Waals surface area (Å²) in [6.45, 7) is 10.8. The second kappa shape index (κ2) is 8.24. The Morgan fingerprint density at radius 2 is 2.13 bits per heavy atom. The molecule has 2 rings (SSSR count). The molecule has 2 heterocycles. The van der Waals surface area contributed by atoms with Crippen molar-refractivity contribution < 1.29 is 4.79 Å². The van der Waals surface area contributed by atoms with E-state index in [4.69, 9.17) is 11.6 Å². The van der Waals surface area contributed by atoms with E-state index in [2.05, 4.69) is 36.0 Å². The van der Waals surface area contributed by atoms with Crippen molar-refractivity contribution in [1.29, 1.82) is 0 Å². The maximum absolute atomic E-state index is 12.4. The molecule has 7 heteroatoms. The Kier molecular flexibility index (Phi) is 6.59. The van der Waals surface area contributed by atoms with Gasteiger partial charge in [0.2, 0.25) is 0 Å². The van der Waals surface area contributed by atoms with Crippen LogP contribution < -0.4 is 5.32 Å². The van der Waals surface area contributed by atoms with E-state index in [0.717, 1.165) is 33.0 Å². The summed E-state index contributed by atoms with van der Waals surface area (Å²) in [6, 6.07) is 4.27. The van der Waals surface area contributed by atoms with E-state index >= 15 is 0 Å². The monoisotopic (exact) mass is 371 g/mol. The molecule has 0 saturated carbocycles. The molecule has 0 aliphatic rings. The number of thiazole rings is 1. The molecular weight excluding hydrogens is 350 g/mol. The number of nitrogens with one attached hydrogen (secondary N) is 1. The summed E-state index contributed by atoms with van der Waals surface area (Å²) in [6.07, 6.45) is 0. The minimum Gasteiger partial charge on any atom is -0.350 e. The Hall–Kier alpha value is -0.950. The van der Waals surface area contributed by atoms with Gasteiger partial charge in [-0.2, -0.15) is 0 Å². The molecule has 0 aromatic carbocycles. The van der Waals surface area contributed by atoms with Gasteiger partial charge in [0.1, 0.15) is 9.88 Å². The van der Waals surface area contributed by atoms with Gasteiger partial charge in [-0.15, -0.1) is 22.7 Å². The zero-order chi connectivity index (χ0) is 17.0. The van der Waals surface area contributed by atoms with Crippen LogP contribution in [-0.2, 0) is 0 Å². The molecule has 23 heavy (non-hydrogen) atoms. The summed E-state index contributed by atoms with van der Waals surface area (Å²) in [7, 11) is 0. The largest absolute Gasteiger partial charge is 0.350 e. The van der Waals surface area contributed by atoms with E-state index in [1.54, 1.807) is 0 Å².